The van der Waals surface area contributed by atoms with Crippen molar-refractivity contribution in [3.05, 3.63) is 0 Å². The highest BCUT2D eigenvalue weighted by atomic mass is 35.5. The van der Waals surface area contributed by atoms with E-state index in [1.54, 1.807) is 34.6 Å². The number of thiol groups is 1. The van der Waals surface area contributed by atoms with Gasteiger partial charge >= 0.3 is 0 Å². The fourth-order valence-electron chi connectivity index (χ4n) is 0.918. The molecule has 3 heteroatoms. The Labute approximate surface area is 78.9 Å². The van der Waals surface area contributed by atoms with Crippen molar-refractivity contribution in [1.29, 1.82) is 0 Å². The van der Waals surface area contributed by atoms with Gasteiger partial charge < -0.3 is 0 Å². The van der Waals surface area contributed by atoms with Crippen LogP contribution in [0.5, 0.6) is 0 Å². The fourth-order valence-corrected chi connectivity index (χ4v) is 1.25. The molecular formula is C8H16ClFS. The van der Waals surface area contributed by atoms with Gasteiger partial charge in [0, 0.05) is 5.41 Å². The molecule has 0 unspecified atom stereocenters. The van der Waals surface area contributed by atoms with Crippen LogP contribution in [0.2, 0.25) is 0 Å². The SMILES string of the molecule is CC(C)(C)[C@@](F)(Cl)C(C)(C)S. The van der Waals surface area contributed by atoms with Crippen LogP contribution < -0.4 is 0 Å². The van der Waals surface area contributed by atoms with Gasteiger partial charge in [-0.05, 0) is 13.8 Å². The molecule has 0 heterocycles. The number of rotatable bonds is 1. The maximum atomic E-state index is 13.8. The van der Waals surface area contributed by atoms with E-state index in [0.717, 1.165) is 0 Å². The lowest BCUT2D eigenvalue weighted by Crippen LogP contribution is -2.47. The molecular weight excluding hydrogens is 183 g/mol. The minimum Gasteiger partial charge on any atom is -0.224 e. The summed E-state index contributed by atoms with van der Waals surface area (Å²) in [6, 6.07) is 0. The minimum atomic E-state index is -1.79. The van der Waals surface area contributed by atoms with Gasteiger partial charge in [-0.1, -0.05) is 32.4 Å². The predicted molar refractivity (Wildman–Crippen MR) is 52.2 cm³/mol. The highest BCUT2D eigenvalue weighted by Crippen LogP contribution is 2.48. The molecule has 0 rings (SSSR count). The van der Waals surface area contributed by atoms with Gasteiger partial charge in [0.05, 0.1) is 4.75 Å². The predicted octanol–water partition coefficient (Wildman–Crippen LogP) is 3.65. The van der Waals surface area contributed by atoms with Crippen molar-refractivity contribution in [2.75, 3.05) is 0 Å². The van der Waals surface area contributed by atoms with Gasteiger partial charge in [0.25, 0.3) is 0 Å². The second-order valence-electron chi connectivity index (χ2n) is 4.38. The van der Waals surface area contributed by atoms with Crippen molar-refractivity contribution in [3.63, 3.8) is 0 Å². The molecule has 11 heavy (non-hydrogen) atoms. The first-order valence-electron chi connectivity index (χ1n) is 3.60. The first kappa shape index (κ1) is 11.6. The van der Waals surface area contributed by atoms with Gasteiger partial charge in [0.1, 0.15) is 0 Å². The molecule has 0 aromatic carbocycles. The molecule has 0 spiro atoms. The summed E-state index contributed by atoms with van der Waals surface area (Å²) in [7, 11) is 0. The smallest absolute Gasteiger partial charge is 0.202 e. The van der Waals surface area contributed by atoms with Gasteiger partial charge in [-0.2, -0.15) is 12.6 Å². The summed E-state index contributed by atoms with van der Waals surface area (Å²) in [5, 5.41) is -1.79. The first-order valence-corrected chi connectivity index (χ1v) is 4.43. The van der Waals surface area contributed by atoms with E-state index in [1.807, 2.05) is 0 Å². The lowest BCUT2D eigenvalue weighted by atomic mass is 9.83. The fraction of sp³-hybridized carbons (Fsp3) is 1.00. The van der Waals surface area contributed by atoms with Crippen LogP contribution in [0.3, 0.4) is 0 Å². The summed E-state index contributed by atoms with van der Waals surface area (Å²) < 4.78 is 13.0. The van der Waals surface area contributed by atoms with Crippen molar-refractivity contribution in [2.24, 2.45) is 5.41 Å². The molecule has 0 aromatic heterocycles. The maximum absolute atomic E-state index is 13.8. The second-order valence-corrected chi connectivity index (χ2v) is 6.02. The highest BCUT2D eigenvalue weighted by molar-refractivity contribution is 7.82. The molecule has 0 saturated carbocycles. The summed E-state index contributed by atoms with van der Waals surface area (Å²) in [5.41, 5.74) is -0.597. The van der Waals surface area contributed by atoms with E-state index in [-0.39, 0.29) is 0 Å². The van der Waals surface area contributed by atoms with Crippen LogP contribution in [0, 0.1) is 5.41 Å². The van der Waals surface area contributed by atoms with Crippen molar-refractivity contribution < 1.29 is 4.39 Å². The van der Waals surface area contributed by atoms with Gasteiger partial charge in [-0.3, -0.25) is 0 Å². The molecule has 0 nitrogen and oxygen atoms in total. The van der Waals surface area contributed by atoms with Gasteiger partial charge in [-0.25, -0.2) is 4.39 Å². The third kappa shape index (κ3) is 2.25. The molecule has 68 valence electrons. The Balaban J connectivity index is 4.75. The molecule has 0 N–H and O–H groups in total. The van der Waals surface area contributed by atoms with Crippen molar-refractivity contribution in [2.45, 2.75) is 44.5 Å². The molecule has 0 bridgehead atoms. The first-order chi connectivity index (χ1) is 4.50. The van der Waals surface area contributed by atoms with Crippen LogP contribution in [0.25, 0.3) is 0 Å². The van der Waals surface area contributed by atoms with Gasteiger partial charge in [0.2, 0.25) is 5.13 Å². The Kier molecular flexibility index (Phi) is 2.95. The van der Waals surface area contributed by atoms with Crippen molar-refractivity contribution in [1.82, 2.24) is 0 Å². The average molecular weight is 199 g/mol. The zero-order chi connectivity index (χ0) is 9.50. The molecule has 0 aromatic rings. The van der Waals surface area contributed by atoms with Crippen LogP contribution in [0.4, 0.5) is 4.39 Å². The Hall–Kier alpha value is 0.570. The molecule has 0 fully saturated rings. The van der Waals surface area contributed by atoms with E-state index >= 15 is 0 Å². The van der Waals surface area contributed by atoms with Crippen LogP contribution in [0.15, 0.2) is 0 Å². The summed E-state index contributed by atoms with van der Waals surface area (Å²) in [4.78, 5) is 0. The number of hydrogen-bond donors (Lipinski definition) is 1. The Bertz CT molecular complexity index is 125. The third-order valence-corrected chi connectivity index (χ3v) is 3.19. The van der Waals surface area contributed by atoms with Gasteiger partial charge in [0.15, 0.2) is 0 Å². The Morgan fingerprint density at radius 2 is 1.36 bits per heavy atom. The maximum Gasteiger partial charge on any atom is 0.202 e. The highest BCUT2D eigenvalue weighted by Gasteiger charge is 2.50. The number of alkyl halides is 2. The van der Waals surface area contributed by atoms with Crippen molar-refractivity contribution in [3.8, 4) is 0 Å². The third-order valence-electron chi connectivity index (χ3n) is 1.71. The summed E-state index contributed by atoms with van der Waals surface area (Å²) >= 11 is 9.87. The quantitative estimate of drug-likeness (QED) is 0.483. The molecule has 0 radical (unpaired) electrons. The normalized spacial score (nSPS) is 19.6. The van der Waals surface area contributed by atoms with E-state index < -0.39 is 15.3 Å². The summed E-state index contributed by atoms with van der Waals surface area (Å²) in [6.45, 7) is 8.64. The zero-order valence-corrected chi connectivity index (χ0v) is 9.35. The van der Waals surface area contributed by atoms with E-state index in [0.29, 0.717) is 0 Å². The van der Waals surface area contributed by atoms with E-state index in [9.17, 15) is 4.39 Å². The molecule has 0 aliphatic rings. The molecule has 0 aliphatic carbocycles. The van der Waals surface area contributed by atoms with Crippen LogP contribution in [-0.4, -0.2) is 9.87 Å². The lowest BCUT2D eigenvalue weighted by Gasteiger charge is -2.41. The van der Waals surface area contributed by atoms with Crippen LogP contribution >= 0.6 is 24.2 Å². The van der Waals surface area contributed by atoms with Gasteiger partial charge in [-0.15, -0.1) is 0 Å². The van der Waals surface area contributed by atoms with E-state index in [4.69, 9.17) is 11.6 Å². The number of halogens is 2. The second kappa shape index (κ2) is 2.81. The molecule has 1 atom stereocenters. The Morgan fingerprint density at radius 1 is 1.09 bits per heavy atom. The Morgan fingerprint density at radius 3 is 1.36 bits per heavy atom. The molecule has 0 saturated heterocycles. The molecule has 0 aliphatic heterocycles. The standard InChI is InChI=1S/C8H16ClFS/c1-6(2,3)8(9,10)7(4,5)11/h11H,1-5H3/t8-/m0/s1. The van der Waals surface area contributed by atoms with E-state index in [2.05, 4.69) is 12.6 Å². The topological polar surface area (TPSA) is 0 Å². The summed E-state index contributed by atoms with van der Waals surface area (Å²) in [5.74, 6) is 0. The van der Waals surface area contributed by atoms with Crippen LogP contribution in [0.1, 0.15) is 34.6 Å². The summed E-state index contributed by atoms with van der Waals surface area (Å²) in [6.07, 6.45) is 0. The number of hydrogen-bond acceptors (Lipinski definition) is 1. The minimum absolute atomic E-state index is 0.597. The zero-order valence-electron chi connectivity index (χ0n) is 7.70. The molecule has 0 amide bonds. The monoisotopic (exact) mass is 198 g/mol. The lowest BCUT2D eigenvalue weighted by molar-refractivity contribution is 0.0858. The van der Waals surface area contributed by atoms with Crippen LogP contribution in [-0.2, 0) is 0 Å². The van der Waals surface area contributed by atoms with E-state index in [1.165, 1.54) is 0 Å². The average Bonchev–Trinajstić information content (AvgIpc) is 1.58. The largest absolute Gasteiger partial charge is 0.224 e. The van der Waals surface area contributed by atoms with Crippen molar-refractivity contribution >= 4 is 24.2 Å².